The van der Waals surface area contributed by atoms with Crippen molar-refractivity contribution in [1.82, 2.24) is 5.32 Å². The molecule has 0 bridgehead atoms. The second-order valence-electron chi connectivity index (χ2n) is 5.21. The predicted molar refractivity (Wildman–Crippen MR) is 84.3 cm³/mol. The number of halogens is 2. The molecule has 0 aliphatic heterocycles. The van der Waals surface area contributed by atoms with Crippen molar-refractivity contribution < 1.29 is 8.78 Å². The monoisotopic (exact) mass is 307 g/mol. The molecule has 1 N–H and O–H groups in total. The number of hydrogen-bond acceptors (Lipinski definition) is 2. The Hall–Kier alpha value is -1.39. The molecule has 0 unspecified atom stereocenters. The molecule has 0 radical (unpaired) electrons. The fraction of sp³-hybridized carbons (Fsp3) is 0.294. The Morgan fingerprint density at radius 3 is 2.67 bits per heavy atom. The van der Waals surface area contributed by atoms with Crippen LogP contribution >= 0.6 is 11.8 Å². The summed E-state index contributed by atoms with van der Waals surface area (Å²) in [6.45, 7) is 5.01. The number of rotatable bonds is 6. The van der Waals surface area contributed by atoms with Gasteiger partial charge < -0.3 is 5.32 Å². The van der Waals surface area contributed by atoms with Crippen molar-refractivity contribution in [1.29, 1.82) is 0 Å². The minimum atomic E-state index is -0.401. The van der Waals surface area contributed by atoms with Crippen LogP contribution in [0.2, 0.25) is 0 Å². The van der Waals surface area contributed by atoms with Crippen LogP contribution in [0.4, 0.5) is 8.78 Å². The molecule has 2 aromatic rings. The van der Waals surface area contributed by atoms with Crippen LogP contribution in [0.15, 0.2) is 47.4 Å². The Labute approximate surface area is 128 Å². The summed E-state index contributed by atoms with van der Waals surface area (Å²) in [4.78, 5) is 1.06. The number of thioether (sulfide) groups is 1. The summed E-state index contributed by atoms with van der Waals surface area (Å²) in [5.74, 6) is -0.339. The molecule has 112 valence electrons. The van der Waals surface area contributed by atoms with Gasteiger partial charge in [-0.25, -0.2) is 8.78 Å². The minimum absolute atomic E-state index is 0.360. The lowest BCUT2D eigenvalue weighted by atomic mass is 10.2. The molecule has 1 nitrogen and oxygen atoms in total. The van der Waals surface area contributed by atoms with E-state index < -0.39 is 5.82 Å². The van der Waals surface area contributed by atoms with Crippen LogP contribution in [0.25, 0.3) is 0 Å². The van der Waals surface area contributed by atoms with Crippen molar-refractivity contribution in [2.24, 2.45) is 0 Å². The molecule has 0 aliphatic carbocycles. The topological polar surface area (TPSA) is 12.0 Å². The molecule has 4 heteroatoms. The lowest BCUT2D eigenvalue weighted by molar-refractivity contribution is 0.588. The molecule has 2 rings (SSSR count). The van der Waals surface area contributed by atoms with Crippen molar-refractivity contribution in [3.63, 3.8) is 0 Å². The van der Waals surface area contributed by atoms with Crippen molar-refractivity contribution in [2.75, 3.05) is 0 Å². The second-order valence-corrected chi connectivity index (χ2v) is 6.26. The van der Waals surface area contributed by atoms with Gasteiger partial charge in [-0.3, -0.25) is 0 Å². The summed E-state index contributed by atoms with van der Waals surface area (Å²) in [5.41, 5.74) is 1.58. The molecule has 0 aromatic heterocycles. The predicted octanol–water partition coefficient (Wildman–Crippen LogP) is 4.76. The molecule has 0 aliphatic rings. The van der Waals surface area contributed by atoms with Crippen molar-refractivity contribution in [3.8, 4) is 0 Å². The Morgan fingerprint density at radius 1 is 1.10 bits per heavy atom. The van der Waals surface area contributed by atoms with Gasteiger partial charge in [0.05, 0.1) is 0 Å². The fourth-order valence-corrected chi connectivity index (χ4v) is 2.84. The molecule has 2 aromatic carbocycles. The smallest absolute Gasteiger partial charge is 0.127 e. The minimum Gasteiger partial charge on any atom is -0.310 e. The molecule has 0 saturated carbocycles. The van der Waals surface area contributed by atoms with Gasteiger partial charge in [0, 0.05) is 28.8 Å². The van der Waals surface area contributed by atoms with E-state index >= 15 is 0 Å². The van der Waals surface area contributed by atoms with Crippen LogP contribution in [-0.4, -0.2) is 6.04 Å². The van der Waals surface area contributed by atoms with Crippen LogP contribution in [0.3, 0.4) is 0 Å². The molecule has 0 spiro atoms. The summed E-state index contributed by atoms with van der Waals surface area (Å²) in [5, 5.41) is 3.36. The SMILES string of the molecule is CC(C)NCc1cccc(SCc2cc(F)ccc2F)c1. The van der Waals surface area contributed by atoms with E-state index in [9.17, 15) is 8.78 Å². The highest BCUT2D eigenvalue weighted by molar-refractivity contribution is 7.98. The van der Waals surface area contributed by atoms with E-state index in [4.69, 9.17) is 0 Å². The van der Waals surface area contributed by atoms with Gasteiger partial charge >= 0.3 is 0 Å². The summed E-state index contributed by atoms with van der Waals surface area (Å²) in [6.07, 6.45) is 0. The van der Waals surface area contributed by atoms with Crippen molar-refractivity contribution in [3.05, 3.63) is 65.2 Å². The third-order valence-corrected chi connectivity index (χ3v) is 4.06. The third kappa shape index (κ3) is 5.14. The molecular weight excluding hydrogens is 288 g/mol. The largest absolute Gasteiger partial charge is 0.310 e. The van der Waals surface area contributed by atoms with Crippen LogP contribution in [-0.2, 0) is 12.3 Å². The third-order valence-electron chi connectivity index (χ3n) is 3.01. The van der Waals surface area contributed by atoms with E-state index in [1.54, 1.807) is 0 Å². The van der Waals surface area contributed by atoms with E-state index in [0.29, 0.717) is 17.4 Å². The Morgan fingerprint density at radius 2 is 1.90 bits per heavy atom. The van der Waals surface area contributed by atoms with Crippen LogP contribution < -0.4 is 5.32 Å². The quantitative estimate of drug-likeness (QED) is 0.773. The highest BCUT2D eigenvalue weighted by Crippen LogP contribution is 2.25. The Balaban J connectivity index is 1.99. The fourth-order valence-electron chi connectivity index (χ4n) is 1.88. The number of nitrogens with one attached hydrogen (secondary N) is 1. The van der Waals surface area contributed by atoms with E-state index in [1.165, 1.54) is 29.5 Å². The van der Waals surface area contributed by atoms with Crippen molar-refractivity contribution in [2.45, 2.75) is 37.1 Å². The zero-order valence-corrected chi connectivity index (χ0v) is 13.0. The lowest BCUT2D eigenvalue weighted by Crippen LogP contribution is -2.21. The van der Waals surface area contributed by atoms with Gasteiger partial charge in [-0.05, 0) is 35.9 Å². The van der Waals surface area contributed by atoms with Crippen LogP contribution in [0.1, 0.15) is 25.0 Å². The first kappa shape index (κ1) is 16.0. The zero-order chi connectivity index (χ0) is 15.2. The first-order valence-corrected chi connectivity index (χ1v) is 7.92. The highest BCUT2D eigenvalue weighted by atomic mass is 32.2. The first-order chi connectivity index (χ1) is 10.0. The van der Waals surface area contributed by atoms with Gasteiger partial charge in [0.1, 0.15) is 11.6 Å². The normalized spacial score (nSPS) is 11.1. The van der Waals surface area contributed by atoms with E-state index in [-0.39, 0.29) is 5.82 Å². The summed E-state index contributed by atoms with van der Waals surface area (Å²) in [6, 6.07) is 12.1. The molecule has 21 heavy (non-hydrogen) atoms. The van der Waals surface area contributed by atoms with Gasteiger partial charge in [0.25, 0.3) is 0 Å². The van der Waals surface area contributed by atoms with Crippen LogP contribution in [0, 0.1) is 11.6 Å². The average molecular weight is 307 g/mol. The summed E-state index contributed by atoms with van der Waals surface area (Å²) in [7, 11) is 0. The molecule has 0 atom stereocenters. The van der Waals surface area contributed by atoms with Crippen molar-refractivity contribution >= 4 is 11.8 Å². The van der Waals surface area contributed by atoms with Crippen LogP contribution in [0.5, 0.6) is 0 Å². The van der Waals surface area contributed by atoms with Gasteiger partial charge in [0.15, 0.2) is 0 Å². The lowest BCUT2D eigenvalue weighted by Gasteiger charge is -2.09. The maximum Gasteiger partial charge on any atom is 0.127 e. The van der Waals surface area contributed by atoms with Gasteiger partial charge in [-0.1, -0.05) is 26.0 Å². The summed E-state index contributed by atoms with van der Waals surface area (Å²) < 4.78 is 26.7. The standard InChI is InChI=1S/C17H19F2NS/c1-12(2)20-10-13-4-3-5-16(8-13)21-11-14-9-15(18)6-7-17(14)19/h3-9,12,20H,10-11H2,1-2H3. The summed E-state index contributed by atoms with van der Waals surface area (Å²) >= 11 is 1.51. The Kier molecular flexibility index (Phi) is 5.76. The molecule has 0 saturated heterocycles. The zero-order valence-electron chi connectivity index (χ0n) is 12.2. The number of hydrogen-bond donors (Lipinski definition) is 1. The average Bonchev–Trinajstić information content (AvgIpc) is 2.46. The van der Waals surface area contributed by atoms with E-state index in [0.717, 1.165) is 17.5 Å². The molecule has 0 amide bonds. The molecular formula is C17H19F2NS. The van der Waals surface area contributed by atoms with Gasteiger partial charge in [0.2, 0.25) is 0 Å². The maximum absolute atomic E-state index is 13.6. The Bertz CT molecular complexity index is 599. The highest BCUT2D eigenvalue weighted by Gasteiger charge is 2.05. The van der Waals surface area contributed by atoms with E-state index in [2.05, 4.69) is 31.3 Å². The van der Waals surface area contributed by atoms with Gasteiger partial charge in [-0.15, -0.1) is 11.8 Å². The number of benzene rings is 2. The molecule has 0 fully saturated rings. The second kappa shape index (κ2) is 7.57. The molecule has 0 heterocycles. The first-order valence-electron chi connectivity index (χ1n) is 6.93. The van der Waals surface area contributed by atoms with Gasteiger partial charge in [-0.2, -0.15) is 0 Å². The maximum atomic E-state index is 13.6. The van der Waals surface area contributed by atoms with E-state index in [1.807, 2.05) is 12.1 Å².